The third-order valence-electron chi connectivity index (χ3n) is 12.6. The zero-order chi connectivity index (χ0) is 40.2. The molecule has 13 nitrogen and oxygen atoms in total. The first-order valence-electron chi connectivity index (χ1n) is 18.4. The molecule has 296 valence electrons. The molecule has 2 N–H and O–H groups in total. The number of aliphatic hydroxyl groups is 2. The largest absolute Gasteiger partial charge is 0.456 e. The fourth-order valence-electron chi connectivity index (χ4n) is 9.53. The van der Waals surface area contributed by atoms with E-state index in [1.165, 1.54) is 26.0 Å². The Morgan fingerprint density at radius 3 is 2.09 bits per heavy atom. The summed E-state index contributed by atoms with van der Waals surface area (Å²) in [7, 11) is 2.10. The van der Waals surface area contributed by atoms with E-state index in [0.29, 0.717) is 5.57 Å². The Morgan fingerprint density at radius 1 is 0.927 bits per heavy atom. The molecule has 6 rings (SSSR count). The van der Waals surface area contributed by atoms with Gasteiger partial charge in [0.25, 0.3) is 0 Å². The fourth-order valence-corrected chi connectivity index (χ4v) is 9.88. The molecule has 2 bridgehead atoms. The molecule has 2 aromatic carbocycles. The summed E-state index contributed by atoms with van der Waals surface area (Å²) < 4.78 is 36.0. The van der Waals surface area contributed by atoms with Gasteiger partial charge in [-0.1, -0.05) is 69.3 Å². The molecule has 2 aromatic rings. The Bertz CT molecular complexity index is 1880. The van der Waals surface area contributed by atoms with Gasteiger partial charge >= 0.3 is 23.9 Å². The predicted octanol–water partition coefficient (Wildman–Crippen LogP) is 4.18. The molecule has 1 saturated heterocycles. The smallest absolute Gasteiger partial charge is 0.338 e. The predicted molar refractivity (Wildman–Crippen MR) is 198 cm³/mol. The summed E-state index contributed by atoms with van der Waals surface area (Å²) in [4.78, 5) is 69.4. The molecular weight excluding hydrogens is 731 g/mol. The van der Waals surface area contributed by atoms with Gasteiger partial charge in [-0.2, -0.15) is 0 Å². The van der Waals surface area contributed by atoms with Crippen LogP contribution in [0.25, 0.3) is 0 Å². The van der Waals surface area contributed by atoms with E-state index in [4.69, 9.17) is 28.2 Å². The molecule has 3 aliphatic carbocycles. The molecule has 3 fully saturated rings. The van der Waals surface area contributed by atoms with Crippen molar-refractivity contribution in [2.75, 3.05) is 6.61 Å². The van der Waals surface area contributed by atoms with E-state index < -0.39 is 100 Å². The van der Waals surface area contributed by atoms with Crippen LogP contribution in [0, 0.1) is 16.7 Å². The maximum atomic E-state index is 15.4. The second-order valence-corrected chi connectivity index (χ2v) is 16.2. The number of carbonyl (C=O) groups is 5. The summed E-state index contributed by atoms with van der Waals surface area (Å²) >= 11 is 0. The number of ketones is 1. The minimum atomic E-state index is -2.25. The Labute approximate surface area is 322 Å². The first-order valence-corrected chi connectivity index (χ1v) is 18.8. The maximum absolute atomic E-state index is 15.4. The quantitative estimate of drug-likeness (QED) is 0.160. The summed E-state index contributed by atoms with van der Waals surface area (Å²) in [5, 5.41) is 25.6. The third kappa shape index (κ3) is 6.51. The summed E-state index contributed by atoms with van der Waals surface area (Å²) in [6.45, 7) is 10.2. The second kappa shape index (κ2) is 14.8. The first kappa shape index (κ1) is 40.7. The second-order valence-electron chi connectivity index (χ2n) is 15.9. The molecule has 0 amide bonds. The van der Waals surface area contributed by atoms with Crippen molar-refractivity contribution in [3.63, 3.8) is 0 Å². The molecule has 0 spiro atoms. The van der Waals surface area contributed by atoms with Gasteiger partial charge in [0.1, 0.15) is 23.9 Å². The zero-order valence-electron chi connectivity index (χ0n) is 32.0. The SMILES string of the molecule is CC(=O)O[C@H]1C(=O)[C@@]2(C)[C@H]([C@H](OC(=O)c3ccccc3)[C@]3(O)C[C@H](OC(=O)[C@H](OP)[C@@H](C)c4ccccc4)C(C)=C1C3(C)C)[C@]1(OC(C)=O)CO[C@@H]1C[C@@H]2O. The van der Waals surface area contributed by atoms with Gasteiger partial charge in [-0.05, 0) is 42.7 Å². The topological polar surface area (TPSA) is 181 Å². The molecular formula is C41H49O13P. The van der Waals surface area contributed by atoms with Gasteiger partial charge in [-0.15, -0.1) is 0 Å². The number of hydrogen-bond donors (Lipinski definition) is 2. The highest BCUT2D eigenvalue weighted by Crippen LogP contribution is 2.64. The Morgan fingerprint density at radius 2 is 1.55 bits per heavy atom. The molecule has 4 aliphatic rings. The van der Waals surface area contributed by atoms with Crippen molar-refractivity contribution in [3.05, 3.63) is 82.9 Å². The molecule has 2 saturated carbocycles. The normalized spacial score (nSPS) is 34.6. The van der Waals surface area contributed by atoms with Crippen molar-refractivity contribution in [3.8, 4) is 0 Å². The lowest BCUT2D eigenvalue weighted by molar-refractivity contribution is -0.346. The minimum Gasteiger partial charge on any atom is -0.456 e. The number of carbonyl (C=O) groups excluding carboxylic acids is 5. The van der Waals surface area contributed by atoms with Crippen LogP contribution in [0.2, 0.25) is 0 Å². The average molecular weight is 781 g/mol. The number of aliphatic hydroxyl groups excluding tert-OH is 1. The van der Waals surface area contributed by atoms with E-state index in [0.717, 1.165) is 12.5 Å². The monoisotopic (exact) mass is 780 g/mol. The Balaban J connectivity index is 1.58. The van der Waals surface area contributed by atoms with Crippen LogP contribution in [0.1, 0.15) is 83.1 Å². The van der Waals surface area contributed by atoms with Crippen LogP contribution in [0.4, 0.5) is 0 Å². The van der Waals surface area contributed by atoms with Crippen molar-refractivity contribution >= 4 is 39.1 Å². The molecule has 12 atom stereocenters. The van der Waals surface area contributed by atoms with E-state index >= 15 is 4.79 Å². The van der Waals surface area contributed by atoms with Crippen molar-refractivity contribution < 1.29 is 62.4 Å². The highest BCUT2D eigenvalue weighted by atomic mass is 31.0. The van der Waals surface area contributed by atoms with Gasteiger partial charge in [-0.25, -0.2) is 9.59 Å². The van der Waals surface area contributed by atoms with Gasteiger partial charge in [0.2, 0.25) is 0 Å². The molecule has 0 radical (unpaired) electrons. The molecule has 1 heterocycles. The van der Waals surface area contributed by atoms with Gasteiger partial charge < -0.3 is 38.4 Å². The molecule has 0 aromatic heterocycles. The third-order valence-corrected chi connectivity index (χ3v) is 12.9. The lowest BCUT2D eigenvalue weighted by Crippen LogP contribution is -2.82. The van der Waals surface area contributed by atoms with Crippen LogP contribution < -0.4 is 0 Å². The van der Waals surface area contributed by atoms with Crippen LogP contribution in [-0.4, -0.2) is 94.3 Å². The summed E-state index contributed by atoms with van der Waals surface area (Å²) in [5.41, 5.74) is -6.13. The number of Topliss-reactive ketones (excluding diaryl/α,β-unsaturated/α-hetero) is 1. The number of hydrogen-bond acceptors (Lipinski definition) is 13. The van der Waals surface area contributed by atoms with Crippen LogP contribution in [0.15, 0.2) is 71.8 Å². The molecule has 55 heavy (non-hydrogen) atoms. The zero-order valence-corrected chi connectivity index (χ0v) is 33.1. The summed E-state index contributed by atoms with van der Waals surface area (Å²) in [6.07, 6.45) is -8.84. The lowest BCUT2D eigenvalue weighted by atomic mass is 9.44. The maximum Gasteiger partial charge on any atom is 0.338 e. The van der Waals surface area contributed by atoms with Crippen LogP contribution in [0.3, 0.4) is 0 Å². The molecule has 1 unspecified atom stereocenters. The highest BCUT2D eigenvalue weighted by Gasteiger charge is 2.78. The van der Waals surface area contributed by atoms with Crippen molar-refractivity contribution in [1.82, 2.24) is 0 Å². The number of rotatable bonds is 9. The number of fused-ring (bicyclic) bond motifs is 5. The summed E-state index contributed by atoms with van der Waals surface area (Å²) in [6, 6.07) is 17.2. The average Bonchev–Trinajstić information content (AvgIpc) is 3.13. The van der Waals surface area contributed by atoms with E-state index in [2.05, 4.69) is 9.47 Å². The van der Waals surface area contributed by atoms with Gasteiger partial charge in [-0.3, -0.25) is 14.4 Å². The lowest BCUT2D eigenvalue weighted by Gasteiger charge is -2.67. The van der Waals surface area contributed by atoms with Gasteiger partial charge in [0.05, 0.1) is 29.6 Å². The number of ether oxygens (including phenoxy) is 5. The van der Waals surface area contributed by atoms with Crippen molar-refractivity contribution in [2.24, 2.45) is 16.7 Å². The van der Waals surface area contributed by atoms with Crippen LogP contribution >= 0.6 is 9.47 Å². The standard InChI is InChI=1S/C41H49O13P/c1-21(25-14-10-8-11-15-25)31(54-55)37(47)51-27-19-41(48)35(52-36(46)26-16-12-9-13-17-26)33-39(7,28(44)18-29-40(33,20-49-29)53-24(4)43)34(45)32(50-23(3)42)30(22(27)2)38(41,5)6/h8-17,21,27-29,31-33,35,44,48H,18-20,55H2,1-7H3/t21-,27-,28-,29+,31+,32+,33-,35-,39+,40-,41+/m0/s1. The highest BCUT2D eigenvalue weighted by molar-refractivity contribution is 7.09. The van der Waals surface area contributed by atoms with Crippen molar-refractivity contribution in [2.45, 2.75) is 115 Å². The van der Waals surface area contributed by atoms with E-state index in [1.807, 2.05) is 30.3 Å². The van der Waals surface area contributed by atoms with Crippen LogP contribution in [0.5, 0.6) is 0 Å². The van der Waals surface area contributed by atoms with Crippen LogP contribution in [-0.2, 0) is 47.4 Å². The molecule has 1 aliphatic heterocycles. The number of esters is 4. The minimum absolute atomic E-state index is 0.111. The van der Waals surface area contributed by atoms with E-state index in [-0.39, 0.29) is 30.6 Å². The fraction of sp³-hybridized carbons (Fsp3) is 0.537. The number of benzene rings is 2. The van der Waals surface area contributed by atoms with Crippen molar-refractivity contribution in [1.29, 1.82) is 0 Å². The van der Waals surface area contributed by atoms with Gasteiger partial charge in [0.15, 0.2) is 23.6 Å². The Hall–Kier alpha value is -4.00. The van der Waals surface area contributed by atoms with E-state index in [9.17, 15) is 29.4 Å². The van der Waals surface area contributed by atoms with Gasteiger partial charge in [0, 0.05) is 47.5 Å². The molecule has 14 heteroatoms. The summed E-state index contributed by atoms with van der Waals surface area (Å²) in [5.74, 6) is -5.95. The first-order chi connectivity index (χ1) is 25.8. The Kier molecular flexibility index (Phi) is 11.0. The van der Waals surface area contributed by atoms with E-state index in [1.54, 1.807) is 45.9 Å².